The smallest absolute Gasteiger partial charge is 0.249 e. The largest absolute Gasteiger partial charge is 0.366 e. The molecule has 1 aromatic rings. The van der Waals surface area contributed by atoms with Crippen molar-refractivity contribution in [1.82, 2.24) is 10.6 Å². The van der Waals surface area contributed by atoms with Crippen LogP contribution >= 0.6 is 11.3 Å². The summed E-state index contributed by atoms with van der Waals surface area (Å²) in [6.07, 6.45) is 0.449. The van der Waals surface area contributed by atoms with Crippen molar-refractivity contribution in [2.24, 2.45) is 5.73 Å². The van der Waals surface area contributed by atoms with E-state index in [0.29, 0.717) is 25.1 Å². The molecular weight excluding hydrogens is 226 g/mol. The second-order valence-electron chi connectivity index (χ2n) is 3.27. The van der Waals surface area contributed by atoms with Gasteiger partial charge in [-0.2, -0.15) is 0 Å². The summed E-state index contributed by atoms with van der Waals surface area (Å²) in [5.74, 6) is -0.399. The van der Waals surface area contributed by atoms with Crippen LogP contribution in [0.5, 0.6) is 0 Å². The molecule has 1 rings (SSSR count). The summed E-state index contributed by atoms with van der Waals surface area (Å²) in [4.78, 5) is 22.8. The Morgan fingerprint density at radius 1 is 1.50 bits per heavy atom. The van der Waals surface area contributed by atoms with Crippen LogP contribution in [0.3, 0.4) is 0 Å². The Balaban J connectivity index is 2.27. The highest BCUT2D eigenvalue weighted by Gasteiger charge is 2.04. The Hall–Kier alpha value is -1.40. The zero-order valence-electron chi connectivity index (χ0n) is 9.08. The molecule has 0 saturated heterocycles. The molecule has 1 aromatic heterocycles. The predicted octanol–water partition coefficient (Wildman–Crippen LogP) is 0.0727. The van der Waals surface area contributed by atoms with Gasteiger partial charge in [0.2, 0.25) is 11.8 Å². The van der Waals surface area contributed by atoms with Crippen LogP contribution in [0.25, 0.3) is 0 Å². The molecule has 5 nitrogen and oxygen atoms in total. The number of carbonyl (C=O) groups is 2. The molecule has 0 bridgehead atoms. The highest BCUT2D eigenvalue weighted by molar-refractivity contribution is 7.10. The highest BCUT2D eigenvalue weighted by atomic mass is 32.1. The average molecular weight is 241 g/mol. The normalized spacial score (nSPS) is 10.1. The number of amides is 2. The summed E-state index contributed by atoms with van der Waals surface area (Å²) in [7, 11) is 1.61. The monoisotopic (exact) mass is 241 g/mol. The maximum absolute atomic E-state index is 10.9. The van der Waals surface area contributed by atoms with E-state index in [1.165, 1.54) is 11.3 Å². The minimum atomic E-state index is -0.409. The van der Waals surface area contributed by atoms with E-state index >= 15 is 0 Å². The van der Waals surface area contributed by atoms with Crippen molar-refractivity contribution in [3.05, 3.63) is 21.9 Å². The summed E-state index contributed by atoms with van der Waals surface area (Å²) >= 11 is 1.48. The third-order valence-electron chi connectivity index (χ3n) is 2.05. The zero-order valence-corrected chi connectivity index (χ0v) is 9.89. The van der Waals surface area contributed by atoms with Gasteiger partial charge in [-0.25, -0.2) is 0 Å². The average Bonchev–Trinajstić information content (AvgIpc) is 2.72. The lowest BCUT2D eigenvalue weighted by atomic mass is 10.3. The van der Waals surface area contributed by atoms with Crippen molar-refractivity contribution >= 4 is 23.2 Å². The van der Waals surface area contributed by atoms with Crippen LogP contribution in [0.2, 0.25) is 0 Å². The molecule has 4 N–H and O–H groups in total. The number of carbonyl (C=O) groups excluding carboxylic acids is 2. The van der Waals surface area contributed by atoms with E-state index in [-0.39, 0.29) is 5.91 Å². The van der Waals surface area contributed by atoms with E-state index in [4.69, 9.17) is 5.73 Å². The number of hydrogen-bond acceptors (Lipinski definition) is 4. The predicted molar refractivity (Wildman–Crippen MR) is 63.2 cm³/mol. The molecule has 0 atom stereocenters. The summed E-state index contributed by atoms with van der Waals surface area (Å²) in [6.45, 7) is 1.26. The van der Waals surface area contributed by atoms with Crippen molar-refractivity contribution in [1.29, 1.82) is 0 Å². The van der Waals surface area contributed by atoms with Crippen molar-refractivity contribution in [3.8, 4) is 0 Å². The van der Waals surface area contributed by atoms with E-state index in [1.807, 2.05) is 0 Å². The highest BCUT2D eigenvalue weighted by Crippen LogP contribution is 2.13. The molecule has 2 amide bonds. The van der Waals surface area contributed by atoms with Crippen LogP contribution in [0, 0.1) is 0 Å². The second-order valence-corrected chi connectivity index (χ2v) is 4.26. The fourth-order valence-corrected chi connectivity index (χ4v) is 1.98. The van der Waals surface area contributed by atoms with Gasteiger partial charge in [0.05, 0.1) is 5.56 Å². The van der Waals surface area contributed by atoms with E-state index in [0.717, 1.165) is 4.88 Å². The molecule has 6 heteroatoms. The number of primary amides is 1. The van der Waals surface area contributed by atoms with Crippen LogP contribution < -0.4 is 16.4 Å². The Morgan fingerprint density at radius 3 is 2.81 bits per heavy atom. The third-order valence-corrected chi connectivity index (χ3v) is 2.98. The van der Waals surface area contributed by atoms with Crippen LogP contribution in [0.1, 0.15) is 21.7 Å². The van der Waals surface area contributed by atoms with Crippen LogP contribution in [0.4, 0.5) is 0 Å². The van der Waals surface area contributed by atoms with Gasteiger partial charge < -0.3 is 16.4 Å². The van der Waals surface area contributed by atoms with Crippen LogP contribution in [-0.4, -0.2) is 25.4 Å². The molecule has 0 fully saturated rings. The first kappa shape index (κ1) is 12.7. The third kappa shape index (κ3) is 4.00. The molecule has 0 aliphatic heterocycles. The molecule has 0 aromatic carbocycles. The molecular formula is C10H15N3O2S. The van der Waals surface area contributed by atoms with Gasteiger partial charge in [0.1, 0.15) is 0 Å². The number of thiophene rings is 1. The van der Waals surface area contributed by atoms with Gasteiger partial charge in [-0.15, -0.1) is 11.3 Å². The number of nitrogens with two attached hydrogens (primary N) is 1. The molecule has 0 aliphatic rings. The molecule has 0 spiro atoms. The number of nitrogens with one attached hydrogen (secondary N) is 2. The van der Waals surface area contributed by atoms with Crippen molar-refractivity contribution in [2.45, 2.75) is 13.0 Å². The maximum atomic E-state index is 10.9. The van der Waals surface area contributed by atoms with Crippen LogP contribution in [-0.2, 0) is 11.3 Å². The van der Waals surface area contributed by atoms with Gasteiger partial charge in [0.25, 0.3) is 0 Å². The molecule has 0 unspecified atom stereocenters. The zero-order chi connectivity index (χ0) is 12.0. The van der Waals surface area contributed by atoms with E-state index < -0.39 is 5.91 Å². The molecule has 88 valence electrons. The lowest BCUT2D eigenvalue weighted by Gasteiger charge is -2.01. The van der Waals surface area contributed by atoms with Gasteiger partial charge in [0.15, 0.2) is 0 Å². The van der Waals surface area contributed by atoms with Gasteiger partial charge in [0, 0.05) is 36.8 Å². The Bertz CT molecular complexity index is 376. The van der Waals surface area contributed by atoms with Crippen molar-refractivity contribution in [2.75, 3.05) is 13.6 Å². The SMILES string of the molecule is CNC(=O)CCNCc1cc(C(N)=O)cs1. The van der Waals surface area contributed by atoms with Gasteiger partial charge in [-0.3, -0.25) is 9.59 Å². The topological polar surface area (TPSA) is 84.2 Å². The summed E-state index contributed by atoms with van der Waals surface area (Å²) in [5.41, 5.74) is 5.67. The minimum Gasteiger partial charge on any atom is -0.366 e. The number of rotatable bonds is 6. The number of hydrogen-bond donors (Lipinski definition) is 3. The van der Waals surface area contributed by atoms with E-state index in [1.54, 1.807) is 18.5 Å². The molecule has 16 heavy (non-hydrogen) atoms. The molecule has 0 radical (unpaired) electrons. The first-order chi connectivity index (χ1) is 7.63. The van der Waals surface area contributed by atoms with Gasteiger partial charge in [-0.05, 0) is 6.07 Å². The lowest BCUT2D eigenvalue weighted by Crippen LogP contribution is -2.24. The first-order valence-electron chi connectivity index (χ1n) is 4.92. The van der Waals surface area contributed by atoms with Crippen LogP contribution in [0.15, 0.2) is 11.4 Å². The lowest BCUT2D eigenvalue weighted by molar-refractivity contribution is -0.120. The van der Waals surface area contributed by atoms with Crippen molar-refractivity contribution in [3.63, 3.8) is 0 Å². The molecule has 0 aliphatic carbocycles. The van der Waals surface area contributed by atoms with Crippen molar-refractivity contribution < 1.29 is 9.59 Å². The Kier molecular flexibility index (Phi) is 4.94. The summed E-state index contributed by atoms with van der Waals surface area (Å²) in [5, 5.41) is 7.40. The summed E-state index contributed by atoms with van der Waals surface area (Å²) < 4.78 is 0. The van der Waals surface area contributed by atoms with E-state index in [9.17, 15) is 9.59 Å². The van der Waals surface area contributed by atoms with Gasteiger partial charge >= 0.3 is 0 Å². The Labute approximate surface area is 98.0 Å². The maximum Gasteiger partial charge on any atom is 0.249 e. The minimum absolute atomic E-state index is 0.0107. The molecule has 0 saturated carbocycles. The van der Waals surface area contributed by atoms with Gasteiger partial charge in [-0.1, -0.05) is 0 Å². The Morgan fingerprint density at radius 2 is 2.25 bits per heavy atom. The quantitative estimate of drug-likeness (QED) is 0.616. The standard InChI is InChI=1S/C10H15N3O2S/c1-12-9(14)2-3-13-5-8-4-7(6-16-8)10(11)15/h4,6,13H,2-3,5H2,1H3,(H2,11,15)(H,12,14). The fourth-order valence-electron chi connectivity index (χ4n) is 1.14. The van der Waals surface area contributed by atoms with E-state index in [2.05, 4.69) is 10.6 Å². The fraction of sp³-hybridized carbons (Fsp3) is 0.400. The first-order valence-corrected chi connectivity index (χ1v) is 5.80. The second kappa shape index (κ2) is 6.24. The summed E-state index contributed by atoms with van der Waals surface area (Å²) in [6, 6.07) is 1.76. The molecule has 1 heterocycles.